The van der Waals surface area contributed by atoms with E-state index in [1.807, 2.05) is 18.4 Å². The Balaban J connectivity index is 2.00. The molecule has 0 atom stereocenters. The van der Waals surface area contributed by atoms with Crippen LogP contribution in [0.4, 0.5) is 10.1 Å². The summed E-state index contributed by atoms with van der Waals surface area (Å²) in [5, 5.41) is 14.8. The highest BCUT2D eigenvalue weighted by atomic mass is 79.9. The number of benzene rings is 1. The maximum Gasteiger partial charge on any atom is 0.161 e. The monoisotopic (exact) mass is 339 g/mol. The van der Waals surface area contributed by atoms with E-state index < -0.39 is 5.82 Å². The minimum Gasteiger partial charge on any atom is -0.382 e. The van der Waals surface area contributed by atoms with Gasteiger partial charge in [0.2, 0.25) is 0 Å². The van der Waals surface area contributed by atoms with E-state index in [-0.39, 0.29) is 10.0 Å². The second-order valence-electron chi connectivity index (χ2n) is 3.94. The summed E-state index contributed by atoms with van der Waals surface area (Å²) in [5.74, 6) is -0.437. The van der Waals surface area contributed by atoms with Crippen LogP contribution in [0.5, 0.6) is 0 Å². The van der Waals surface area contributed by atoms with Crippen LogP contribution in [0.15, 0.2) is 22.0 Å². The third-order valence-corrected chi connectivity index (χ3v) is 4.16. The van der Waals surface area contributed by atoms with E-state index in [2.05, 4.69) is 26.2 Å². The fraction of sp³-hybridized carbons (Fsp3) is 0.231. The number of rotatable bonds is 4. The second-order valence-corrected chi connectivity index (χ2v) is 5.79. The number of anilines is 1. The van der Waals surface area contributed by atoms with E-state index in [4.69, 9.17) is 5.26 Å². The third kappa shape index (κ3) is 3.31. The van der Waals surface area contributed by atoms with Crippen LogP contribution in [-0.4, -0.2) is 11.5 Å². The SMILES string of the molecule is Cc1nc(CCNc2ccc(C#N)c(Br)c2F)cs1. The highest BCUT2D eigenvalue weighted by molar-refractivity contribution is 9.10. The van der Waals surface area contributed by atoms with E-state index in [1.165, 1.54) is 0 Å². The summed E-state index contributed by atoms with van der Waals surface area (Å²) in [6, 6.07) is 5.08. The number of aryl methyl sites for hydroxylation is 1. The minimum atomic E-state index is -0.437. The van der Waals surface area contributed by atoms with Gasteiger partial charge in [-0.2, -0.15) is 5.26 Å². The van der Waals surface area contributed by atoms with E-state index in [1.54, 1.807) is 23.5 Å². The molecule has 0 aliphatic carbocycles. The third-order valence-electron chi connectivity index (χ3n) is 2.57. The van der Waals surface area contributed by atoms with Crippen LogP contribution in [0.25, 0.3) is 0 Å². The summed E-state index contributed by atoms with van der Waals surface area (Å²) in [5.41, 5.74) is 1.68. The van der Waals surface area contributed by atoms with Gasteiger partial charge in [0.05, 0.1) is 26.4 Å². The fourth-order valence-corrected chi connectivity index (χ4v) is 2.70. The summed E-state index contributed by atoms with van der Waals surface area (Å²) in [6.07, 6.45) is 0.738. The predicted octanol–water partition coefficient (Wildman–Crippen LogP) is 3.88. The van der Waals surface area contributed by atoms with Gasteiger partial charge in [0, 0.05) is 18.3 Å². The molecule has 6 heteroatoms. The summed E-state index contributed by atoms with van der Waals surface area (Å²) in [7, 11) is 0. The number of nitrogens with one attached hydrogen (secondary N) is 1. The highest BCUT2D eigenvalue weighted by Crippen LogP contribution is 2.26. The zero-order valence-electron chi connectivity index (χ0n) is 10.2. The Morgan fingerprint density at radius 2 is 2.32 bits per heavy atom. The summed E-state index contributed by atoms with van der Waals surface area (Å²) in [6.45, 7) is 2.55. The van der Waals surface area contributed by atoms with Crippen molar-refractivity contribution in [1.82, 2.24) is 4.98 Å². The molecular weight excluding hydrogens is 329 g/mol. The molecule has 0 aliphatic heterocycles. The highest BCUT2D eigenvalue weighted by Gasteiger charge is 2.10. The van der Waals surface area contributed by atoms with Crippen LogP contribution in [-0.2, 0) is 6.42 Å². The Morgan fingerprint density at radius 1 is 1.53 bits per heavy atom. The first-order valence-electron chi connectivity index (χ1n) is 5.65. The molecule has 0 unspecified atom stereocenters. The molecule has 2 aromatic rings. The van der Waals surface area contributed by atoms with E-state index in [0.717, 1.165) is 17.1 Å². The van der Waals surface area contributed by atoms with Crippen LogP contribution in [0.2, 0.25) is 0 Å². The quantitative estimate of drug-likeness (QED) is 0.919. The molecule has 1 N–H and O–H groups in total. The maximum atomic E-state index is 13.9. The zero-order valence-corrected chi connectivity index (χ0v) is 12.6. The number of halogens is 2. The molecule has 0 radical (unpaired) electrons. The number of hydrogen-bond acceptors (Lipinski definition) is 4. The number of hydrogen-bond donors (Lipinski definition) is 1. The number of aromatic nitrogens is 1. The smallest absolute Gasteiger partial charge is 0.161 e. The van der Waals surface area contributed by atoms with Gasteiger partial charge in [-0.15, -0.1) is 11.3 Å². The Labute approximate surface area is 123 Å². The lowest BCUT2D eigenvalue weighted by molar-refractivity contribution is 0.623. The molecule has 0 saturated carbocycles. The number of thiazole rings is 1. The van der Waals surface area contributed by atoms with E-state index in [9.17, 15) is 4.39 Å². The molecule has 98 valence electrons. The van der Waals surface area contributed by atoms with Gasteiger partial charge in [0.15, 0.2) is 5.82 Å². The Morgan fingerprint density at radius 3 is 2.95 bits per heavy atom. The van der Waals surface area contributed by atoms with Gasteiger partial charge in [0.25, 0.3) is 0 Å². The molecule has 0 fully saturated rings. The first kappa shape index (κ1) is 14.0. The molecule has 2 rings (SSSR count). The van der Waals surface area contributed by atoms with Gasteiger partial charge < -0.3 is 5.32 Å². The standard InChI is InChI=1S/C13H11BrFN3S/c1-8-18-10(7-19-8)4-5-17-11-3-2-9(6-16)12(14)13(11)15/h2-3,7,17H,4-5H2,1H3. The molecule has 3 nitrogen and oxygen atoms in total. The molecule has 0 saturated heterocycles. The first-order valence-corrected chi connectivity index (χ1v) is 7.32. The van der Waals surface area contributed by atoms with Crippen LogP contribution in [0, 0.1) is 24.1 Å². The molecule has 0 bridgehead atoms. The summed E-state index contributed by atoms with van der Waals surface area (Å²) < 4.78 is 14.1. The number of nitriles is 1. The minimum absolute atomic E-state index is 0.199. The molecule has 0 spiro atoms. The lowest BCUT2D eigenvalue weighted by Crippen LogP contribution is -2.07. The predicted molar refractivity (Wildman–Crippen MR) is 77.9 cm³/mol. The maximum absolute atomic E-state index is 13.9. The molecule has 0 amide bonds. The molecule has 1 aromatic carbocycles. The molecule has 0 aliphatic rings. The molecule has 19 heavy (non-hydrogen) atoms. The van der Waals surface area contributed by atoms with Crippen LogP contribution in [0.1, 0.15) is 16.3 Å². The van der Waals surface area contributed by atoms with Gasteiger partial charge >= 0.3 is 0 Å². The van der Waals surface area contributed by atoms with Gasteiger partial charge in [-0.1, -0.05) is 0 Å². The molecule has 1 aromatic heterocycles. The van der Waals surface area contributed by atoms with Crippen LogP contribution in [0.3, 0.4) is 0 Å². The summed E-state index contributed by atoms with van der Waals surface area (Å²) in [4.78, 5) is 4.34. The zero-order chi connectivity index (χ0) is 13.8. The van der Waals surface area contributed by atoms with E-state index >= 15 is 0 Å². The van der Waals surface area contributed by atoms with Crippen molar-refractivity contribution in [2.24, 2.45) is 0 Å². The average molecular weight is 340 g/mol. The van der Waals surface area contributed by atoms with Crippen molar-refractivity contribution < 1.29 is 4.39 Å². The molecular formula is C13H11BrFN3S. The van der Waals surface area contributed by atoms with Crippen LogP contribution < -0.4 is 5.32 Å². The fourth-order valence-electron chi connectivity index (χ4n) is 1.62. The van der Waals surface area contributed by atoms with E-state index in [0.29, 0.717) is 12.2 Å². The first-order chi connectivity index (χ1) is 9.11. The van der Waals surface area contributed by atoms with Crippen molar-refractivity contribution in [3.63, 3.8) is 0 Å². The Bertz CT molecular complexity index is 633. The lowest BCUT2D eigenvalue weighted by atomic mass is 10.2. The Kier molecular flexibility index (Phi) is 4.51. The Hall–Kier alpha value is -1.45. The van der Waals surface area contributed by atoms with Crippen molar-refractivity contribution in [3.05, 3.63) is 44.1 Å². The normalized spacial score (nSPS) is 10.2. The van der Waals surface area contributed by atoms with Crippen LogP contribution >= 0.6 is 27.3 Å². The largest absolute Gasteiger partial charge is 0.382 e. The topological polar surface area (TPSA) is 48.7 Å². The van der Waals surface area contributed by atoms with Crippen molar-refractivity contribution in [1.29, 1.82) is 5.26 Å². The lowest BCUT2D eigenvalue weighted by Gasteiger charge is -2.08. The summed E-state index contributed by atoms with van der Waals surface area (Å²) >= 11 is 4.69. The molecule has 1 heterocycles. The van der Waals surface area contributed by atoms with Crippen molar-refractivity contribution >= 4 is 33.0 Å². The van der Waals surface area contributed by atoms with Gasteiger partial charge in [-0.3, -0.25) is 0 Å². The number of nitrogens with zero attached hydrogens (tertiary/aromatic N) is 2. The van der Waals surface area contributed by atoms with Crippen molar-refractivity contribution in [3.8, 4) is 6.07 Å². The second kappa shape index (κ2) is 6.13. The van der Waals surface area contributed by atoms with Crippen molar-refractivity contribution in [2.45, 2.75) is 13.3 Å². The van der Waals surface area contributed by atoms with Gasteiger partial charge in [0.1, 0.15) is 6.07 Å². The van der Waals surface area contributed by atoms with Gasteiger partial charge in [-0.05, 0) is 35.0 Å². The van der Waals surface area contributed by atoms with Gasteiger partial charge in [-0.25, -0.2) is 9.37 Å². The average Bonchev–Trinajstić information content (AvgIpc) is 2.81. The van der Waals surface area contributed by atoms with Crippen molar-refractivity contribution in [2.75, 3.05) is 11.9 Å².